The molecule has 0 spiro atoms. The molecule has 0 saturated heterocycles. The normalized spacial score (nSPS) is 13.1. The summed E-state index contributed by atoms with van der Waals surface area (Å²) < 4.78 is 30.8. The minimum Gasteiger partial charge on any atom is -0.827 e. The summed E-state index contributed by atoms with van der Waals surface area (Å²) in [5.41, 5.74) is 4.38. The summed E-state index contributed by atoms with van der Waals surface area (Å²) in [6.45, 7) is 0.221. The Morgan fingerprint density at radius 3 is 2.58 bits per heavy atom. The summed E-state index contributed by atoms with van der Waals surface area (Å²) in [6.07, 6.45) is 0.312. The molecule has 0 amide bonds. The highest BCUT2D eigenvalue weighted by molar-refractivity contribution is 6.31. The van der Waals surface area contributed by atoms with Crippen molar-refractivity contribution in [2.75, 3.05) is 26.6 Å². The molecule has 0 bridgehead atoms. The molecule has 0 aliphatic carbocycles. The monoisotopic (exact) mass is 533 g/mol. The van der Waals surface area contributed by atoms with Crippen molar-refractivity contribution in [2.45, 2.75) is 12.8 Å². The predicted octanol–water partition coefficient (Wildman–Crippen LogP) is 5.05. The number of fused-ring (bicyclic) bond motifs is 3. The van der Waals surface area contributed by atoms with Gasteiger partial charge in [0.05, 0.1) is 37.7 Å². The van der Waals surface area contributed by atoms with E-state index in [0.717, 1.165) is 11.1 Å². The largest absolute Gasteiger partial charge is 0.827 e. The fourth-order valence-corrected chi connectivity index (χ4v) is 4.51. The minimum absolute atomic E-state index is 0.221. The molecule has 38 heavy (non-hydrogen) atoms. The molecule has 194 valence electrons. The number of nitrogens with one attached hydrogen (secondary N) is 1. The van der Waals surface area contributed by atoms with Crippen LogP contribution in [0.25, 0.3) is 11.3 Å². The van der Waals surface area contributed by atoms with E-state index in [2.05, 4.69) is 10.3 Å². The Morgan fingerprint density at radius 2 is 1.82 bits per heavy atom. The second-order valence-corrected chi connectivity index (χ2v) is 8.83. The Labute approximate surface area is 223 Å². The van der Waals surface area contributed by atoms with E-state index in [1.807, 2.05) is 6.07 Å². The van der Waals surface area contributed by atoms with E-state index >= 15 is 4.39 Å². The van der Waals surface area contributed by atoms with Gasteiger partial charge in [0.1, 0.15) is 17.3 Å². The molecule has 1 aliphatic rings. The van der Waals surface area contributed by atoms with E-state index in [1.54, 1.807) is 48.7 Å². The number of halogens is 2. The van der Waals surface area contributed by atoms with Gasteiger partial charge in [-0.3, -0.25) is 4.99 Å². The molecule has 0 saturated carbocycles. The lowest BCUT2D eigenvalue weighted by atomic mass is 9.94. The second-order valence-electron chi connectivity index (χ2n) is 8.39. The van der Waals surface area contributed by atoms with Gasteiger partial charge in [0.25, 0.3) is 0 Å². The molecule has 8 nitrogen and oxygen atoms in total. The molecule has 5 rings (SSSR count). The smallest absolute Gasteiger partial charge is 0.227 e. The van der Waals surface area contributed by atoms with Crippen LogP contribution in [-0.4, -0.2) is 37.0 Å². The highest BCUT2D eigenvalue weighted by Crippen LogP contribution is 2.36. The van der Waals surface area contributed by atoms with Gasteiger partial charge in [-0.1, -0.05) is 29.8 Å². The molecular formula is C28H23ClFN4O4-. The van der Waals surface area contributed by atoms with E-state index in [9.17, 15) is 5.11 Å². The molecule has 1 aliphatic heterocycles. The molecule has 0 fully saturated rings. The first kappa shape index (κ1) is 25.6. The van der Waals surface area contributed by atoms with Crippen LogP contribution < -0.4 is 19.9 Å². The maximum Gasteiger partial charge on any atom is 0.227 e. The fraction of sp³-hybridized carbons (Fsp3) is 0.179. The number of anilines is 2. The summed E-state index contributed by atoms with van der Waals surface area (Å²) in [5.74, 6) is 0.597. The first-order valence-corrected chi connectivity index (χ1v) is 12.0. The molecular weight excluding hydrogens is 511 g/mol. The third-order valence-electron chi connectivity index (χ3n) is 6.15. The average Bonchev–Trinajstić information content (AvgIpc) is 3.08. The van der Waals surface area contributed by atoms with Crippen LogP contribution in [0.2, 0.25) is 5.02 Å². The van der Waals surface area contributed by atoms with Crippen molar-refractivity contribution in [3.63, 3.8) is 0 Å². The minimum atomic E-state index is -1.37. The predicted molar refractivity (Wildman–Crippen MR) is 141 cm³/mol. The van der Waals surface area contributed by atoms with Crippen LogP contribution in [0.15, 0.2) is 65.8 Å². The number of ether oxygens (including phenoxy) is 3. The van der Waals surface area contributed by atoms with Crippen LogP contribution in [0.4, 0.5) is 16.0 Å². The fourth-order valence-electron chi connectivity index (χ4n) is 4.34. The van der Waals surface area contributed by atoms with Crippen molar-refractivity contribution >= 4 is 28.9 Å². The van der Waals surface area contributed by atoms with Crippen LogP contribution in [-0.2, 0) is 11.3 Å². The Kier molecular flexibility index (Phi) is 7.24. The Bertz CT molecular complexity index is 1550. The molecule has 1 N–H and O–H groups in total. The van der Waals surface area contributed by atoms with Gasteiger partial charge in [-0.25, -0.2) is 14.4 Å². The first-order valence-electron chi connectivity index (χ1n) is 11.6. The third-order valence-corrected chi connectivity index (χ3v) is 6.39. The summed E-state index contributed by atoms with van der Waals surface area (Å²) in [6, 6.07) is 15.0. The van der Waals surface area contributed by atoms with Gasteiger partial charge in [-0.05, 0) is 30.3 Å². The number of rotatable bonds is 7. The van der Waals surface area contributed by atoms with Crippen LogP contribution in [0, 0.1) is 5.82 Å². The molecule has 1 atom stereocenters. The number of aliphatic imine (C=N–C) groups is 1. The molecule has 1 unspecified atom stereocenters. The molecule has 4 aromatic rings. The van der Waals surface area contributed by atoms with Gasteiger partial charge in [-0.15, -0.1) is 0 Å². The maximum atomic E-state index is 15.1. The standard InChI is InChI=1S/C28H23ClFN4O4/c1-36-22-6-4-5-21(30)24(22)26-20-11-16(29)7-9-18(20)25-15(13-31-26)14-32-28(34-25)33-17-8-10-19(27(35)38-3)23(12-17)37-2/h4-12,14,27H,13H2,1-3H3,(H,32,33,34)/q-1. The van der Waals surface area contributed by atoms with E-state index in [1.165, 1.54) is 27.4 Å². The zero-order valence-electron chi connectivity index (χ0n) is 20.8. The molecule has 10 heteroatoms. The summed E-state index contributed by atoms with van der Waals surface area (Å²) in [7, 11) is 4.31. The number of hydrogen-bond acceptors (Lipinski definition) is 8. The number of hydrogen-bond donors (Lipinski definition) is 1. The van der Waals surface area contributed by atoms with E-state index in [-0.39, 0.29) is 12.1 Å². The topological polar surface area (TPSA) is 101 Å². The second kappa shape index (κ2) is 10.7. The van der Waals surface area contributed by atoms with Crippen LogP contribution >= 0.6 is 11.6 Å². The summed E-state index contributed by atoms with van der Waals surface area (Å²) in [4.78, 5) is 14.0. The van der Waals surface area contributed by atoms with Crippen molar-refractivity contribution < 1.29 is 23.7 Å². The molecule has 1 aromatic heterocycles. The van der Waals surface area contributed by atoms with Crippen molar-refractivity contribution in [1.82, 2.24) is 9.97 Å². The van der Waals surface area contributed by atoms with Crippen molar-refractivity contribution in [3.05, 3.63) is 93.9 Å². The molecule has 0 radical (unpaired) electrons. The number of methoxy groups -OCH3 is 3. The van der Waals surface area contributed by atoms with Gasteiger partial charge in [0, 0.05) is 58.6 Å². The van der Waals surface area contributed by atoms with Gasteiger partial charge >= 0.3 is 0 Å². The quantitative estimate of drug-likeness (QED) is 0.332. The number of benzene rings is 3. The van der Waals surface area contributed by atoms with E-state index in [4.69, 9.17) is 35.8 Å². The van der Waals surface area contributed by atoms with E-state index < -0.39 is 12.1 Å². The summed E-state index contributed by atoms with van der Waals surface area (Å²) in [5, 5.41) is 15.7. The Balaban J connectivity index is 1.57. The lowest BCUT2D eigenvalue weighted by Crippen LogP contribution is -2.18. The highest BCUT2D eigenvalue weighted by atomic mass is 35.5. The van der Waals surface area contributed by atoms with Crippen LogP contribution in [0.3, 0.4) is 0 Å². The zero-order chi connectivity index (χ0) is 26.8. The van der Waals surface area contributed by atoms with Crippen molar-refractivity contribution in [1.29, 1.82) is 0 Å². The van der Waals surface area contributed by atoms with Gasteiger partial charge < -0.3 is 24.6 Å². The Morgan fingerprint density at radius 1 is 1.00 bits per heavy atom. The lowest BCUT2D eigenvalue weighted by Gasteiger charge is -2.23. The third kappa shape index (κ3) is 4.79. The molecule has 2 heterocycles. The number of aromatic nitrogens is 2. The lowest BCUT2D eigenvalue weighted by molar-refractivity contribution is -0.495. The SMILES string of the molecule is COc1cc(Nc2ncc3c(n2)-c2ccc(Cl)cc2C(c2c(F)cccc2OC)=NC3)ccc1C([O-])OC. The zero-order valence-corrected chi connectivity index (χ0v) is 21.5. The Hall–Kier alpha value is -4.05. The highest BCUT2D eigenvalue weighted by Gasteiger charge is 2.25. The van der Waals surface area contributed by atoms with Gasteiger partial charge in [-0.2, -0.15) is 0 Å². The van der Waals surface area contributed by atoms with Crippen molar-refractivity contribution in [2.24, 2.45) is 4.99 Å². The van der Waals surface area contributed by atoms with Gasteiger partial charge in [0.15, 0.2) is 0 Å². The van der Waals surface area contributed by atoms with Crippen LogP contribution in [0.5, 0.6) is 11.5 Å². The van der Waals surface area contributed by atoms with Crippen molar-refractivity contribution in [3.8, 4) is 22.8 Å². The van der Waals surface area contributed by atoms with E-state index in [0.29, 0.717) is 50.7 Å². The first-order chi connectivity index (χ1) is 18.4. The molecule has 3 aromatic carbocycles. The van der Waals surface area contributed by atoms with Gasteiger partial charge in [0.2, 0.25) is 5.95 Å². The maximum absolute atomic E-state index is 15.1. The number of nitrogens with zero attached hydrogens (tertiary/aromatic N) is 3. The average molecular weight is 534 g/mol. The summed E-state index contributed by atoms with van der Waals surface area (Å²) >= 11 is 6.37. The van der Waals surface area contributed by atoms with Crippen LogP contribution in [0.1, 0.15) is 28.5 Å².